The van der Waals surface area contributed by atoms with E-state index in [1.165, 1.54) is 18.4 Å². The fraction of sp³-hybridized carbons (Fsp3) is 0.741. The minimum absolute atomic E-state index is 0.0319. The quantitative estimate of drug-likeness (QED) is 0.589. The summed E-state index contributed by atoms with van der Waals surface area (Å²) in [6.45, 7) is 6.16. The third-order valence-corrected chi connectivity index (χ3v) is 9.53. The van der Waals surface area contributed by atoms with Gasteiger partial charge in [0.05, 0.1) is 17.1 Å². The van der Waals surface area contributed by atoms with Crippen LogP contribution in [0.5, 0.6) is 11.5 Å². The van der Waals surface area contributed by atoms with Crippen molar-refractivity contribution in [3.63, 3.8) is 0 Å². The molecule has 0 radical (unpaired) electrons. The first kappa shape index (κ1) is 21.7. The zero-order valence-corrected chi connectivity index (χ0v) is 20.0. The van der Waals surface area contributed by atoms with Gasteiger partial charge in [-0.3, -0.25) is 9.69 Å². The van der Waals surface area contributed by atoms with Crippen molar-refractivity contribution in [1.29, 1.82) is 0 Å². The van der Waals surface area contributed by atoms with E-state index < -0.39 is 11.0 Å². The van der Waals surface area contributed by atoms with Crippen LogP contribution in [-0.2, 0) is 16.6 Å². The summed E-state index contributed by atoms with van der Waals surface area (Å²) in [5.74, 6) is 1.52. The van der Waals surface area contributed by atoms with Crippen molar-refractivity contribution in [3.8, 4) is 11.5 Å². The molecule has 2 saturated carbocycles. The zero-order valence-electron chi connectivity index (χ0n) is 20.0. The number of phenolic OH excluding ortho intramolecular Hbond substituents is 1. The van der Waals surface area contributed by atoms with Crippen LogP contribution in [0.25, 0.3) is 0 Å². The highest BCUT2D eigenvalue weighted by Crippen LogP contribution is 2.65. The molecule has 5 aliphatic rings. The number of nitrogens with one attached hydrogen (secondary N) is 1. The van der Waals surface area contributed by atoms with E-state index in [0.717, 1.165) is 56.7 Å². The Labute approximate surface area is 196 Å². The van der Waals surface area contributed by atoms with Gasteiger partial charge in [-0.25, -0.2) is 0 Å². The van der Waals surface area contributed by atoms with Crippen LogP contribution >= 0.6 is 0 Å². The summed E-state index contributed by atoms with van der Waals surface area (Å²) in [4.78, 5) is 15.6. The number of likely N-dealkylation sites (tertiary alicyclic amines) is 1. The van der Waals surface area contributed by atoms with E-state index in [1.807, 2.05) is 13.0 Å². The number of hydrogen-bond acceptors (Lipinski definition) is 5. The van der Waals surface area contributed by atoms with Crippen molar-refractivity contribution < 1.29 is 19.7 Å². The van der Waals surface area contributed by atoms with E-state index in [1.54, 1.807) is 6.07 Å². The van der Waals surface area contributed by atoms with Crippen LogP contribution in [0.1, 0.15) is 76.3 Å². The standard InChI is InChI=1S/C27H38N2O4/c1-3-4-5-16(2)25(31)28-19-10-11-27(32)21-14-18-8-9-20(30)23-22(18)26(27,24(19)33-23)12-13-29(21)15-17-6-7-17/h8-9,16-17,19,21,24,30,32H,3-7,10-15H2,1-2H3,(H,28,31)/t16?,19-,21+,24-,26-,27+/m0/s1. The van der Waals surface area contributed by atoms with Crippen LogP contribution in [0.2, 0.25) is 0 Å². The lowest BCUT2D eigenvalue weighted by molar-refractivity contribution is -0.192. The first-order valence-corrected chi connectivity index (χ1v) is 13.2. The second-order valence-electron chi connectivity index (χ2n) is 11.5. The number of carbonyl (C=O) groups is 1. The van der Waals surface area contributed by atoms with Gasteiger partial charge in [0.1, 0.15) is 6.10 Å². The van der Waals surface area contributed by atoms with Gasteiger partial charge in [-0.2, -0.15) is 0 Å². The normalized spacial score (nSPS) is 37.2. The van der Waals surface area contributed by atoms with Crippen molar-refractivity contribution in [2.45, 2.75) is 101 Å². The lowest BCUT2D eigenvalue weighted by Gasteiger charge is -2.64. The molecule has 2 aliphatic heterocycles. The Morgan fingerprint density at radius 2 is 2.12 bits per heavy atom. The molecule has 1 unspecified atom stereocenters. The summed E-state index contributed by atoms with van der Waals surface area (Å²) in [6, 6.07) is 3.69. The summed E-state index contributed by atoms with van der Waals surface area (Å²) in [7, 11) is 0. The lowest BCUT2D eigenvalue weighted by Crippen LogP contribution is -2.78. The Kier molecular flexibility index (Phi) is 5.01. The Hall–Kier alpha value is -1.79. The number of benzene rings is 1. The fourth-order valence-corrected chi connectivity index (χ4v) is 7.60. The lowest BCUT2D eigenvalue weighted by atomic mass is 9.48. The van der Waals surface area contributed by atoms with Crippen molar-refractivity contribution in [2.24, 2.45) is 11.8 Å². The Bertz CT molecular complexity index is 962. The first-order chi connectivity index (χ1) is 15.9. The minimum Gasteiger partial charge on any atom is -0.504 e. The fourth-order valence-electron chi connectivity index (χ4n) is 7.60. The maximum absolute atomic E-state index is 13.1. The Morgan fingerprint density at radius 1 is 1.30 bits per heavy atom. The third-order valence-electron chi connectivity index (χ3n) is 9.53. The van der Waals surface area contributed by atoms with Crippen molar-refractivity contribution in [3.05, 3.63) is 23.3 Å². The number of unbranched alkanes of at least 4 members (excludes halogenated alkanes) is 1. The largest absolute Gasteiger partial charge is 0.504 e. The summed E-state index contributed by atoms with van der Waals surface area (Å²) in [5, 5.41) is 26.5. The van der Waals surface area contributed by atoms with Gasteiger partial charge in [-0.1, -0.05) is 32.8 Å². The molecule has 1 saturated heterocycles. The van der Waals surface area contributed by atoms with Crippen LogP contribution in [0.4, 0.5) is 0 Å². The van der Waals surface area contributed by atoms with E-state index in [-0.39, 0.29) is 35.8 Å². The molecular weight excluding hydrogens is 416 g/mol. The molecule has 6 nitrogen and oxygen atoms in total. The second-order valence-corrected chi connectivity index (χ2v) is 11.5. The average molecular weight is 455 g/mol. The van der Waals surface area contributed by atoms with Crippen molar-refractivity contribution >= 4 is 5.91 Å². The molecule has 1 amide bonds. The molecule has 2 bridgehead atoms. The molecule has 6 heteroatoms. The molecule has 1 aromatic rings. The number of carbonyl (C=O) groups excluding carboxylic acids is 1. The van der Waals surface area contributed by atoms with Crippen molar-refractivity contribution in [2.75, 3.05) is 13.1 Å². The highest BCUT2D eigenvalue weighted by atomic mass is 16.5. The second kappa shape index (κ2) is 7.61. The molecule has 180 valence electrons. The third kappa shape index (κ3) is 3.02. The summed E-state index contributed by atoms with van der Waals surface area (Å²) >= 11 is 0. The van der Waals surface area contributed by atoms with E-state index in [2.05, 4.69) is 17.1 Å². The number of nitrogens with zero attached hydrogens (tertiary/aromatic N) is 1. The highest BCUT2D eigenvalue weighted by Gasteiger charge is 2.73. The van der Waals surface area contributed by atoms with Gasteiger partial charge in [0.2, 0.25) is 5.91 Å². The van der Waals surface area contributed by atoms with Gasteiger partial charge in [-0.05, 0) is 69.0 Å². The molecule has 2 heterocycles. The number of amides is 1. The van der Waals surface area contributed by atoms with Gasteiger partial charge < -0.3 is 20.3 Å². The van der Waals surface area contributed by atoms with Gasteiger partial charge >= 0.3 is 0 Å². The van der Waals surface area contributed by atoms with Crippen LogP contribution in [-0.4, -0.2) is 57.9 Å². The minimum atomic E-state index is -0.897. The molecule has 6 rings (SSSR count). The molecular formula is C27H38N2O4. The van der Waals surface area contributed by atoms with Gasteiger partial charge in [-0.15, -0.1) is 0 Å². The molecule has 3 N–H and O–H groups in total. The van der Waals surface area contributed by atoms with E-state index in [4.69, 9.17) is 4.74 Å². The monoisotopic (exact) mass is 454 g/mol. The predicted molar refractivity (Wildman–Crippen MR) is 125 cm³/mol. The number of phenols is 1. The summed E-state index contributed by atoms with van der Waals surface area (Å²) in [6.07, 6.45) is 8.24. The number of rotatable bonds is 7. The SMILES string of the molecule is CCCCC(C)C(=O)N[C@H]1CC[C@@]2(O)[C@H]3Cc4ccc(O)c5c4[C@@]2(CCN3CC2CC2)[C@H]1O5. The number of piperidine rings is 1. The van der Waals surface area contributed by atoms with E-state index in [0.29, 0.717) is 18.6 Å². The zero-order chi connectivity index (χ0) is 23.0. The van der Waals surface area contributed by atoms with Gasteiger partial charge in [0.15, 0.2) is 11.5 Å². The maximum atomic E-state index is 13.1. The number of ether oxygens (including phenoxy) is 1. The van der Waals surface area contributed by atoms with Gasteiger partial charge in [0.25, 0.3) is 0 Å². The smallest absolute Gasteiger partial charge is 0.223 e. The van der Waals surface area contributed by atoms with Crippen LogP contribution in [0.3, 0.4) is 0 Å². The Balaban J connectivity index is 1.37. The van der Waals surface area contributed by atoms with E-state index >= 15 is 0 Å². The molecule has 3 fully saturated rings. The van der Waals surface area contributed by atoms with E-state index in [9.17, 15) is 15.0 Å². The molecule has 1 aromatic carbocycles. The summed E-state index contributed by atoms with van der Waals surface area (Å²) < 4.78 is 6.53. The Morgan fingerprint density at radius 3 is 2.88 bits per heavy atom. The van der Waals surface area contributed by atoms with Gasteiger partial charge in [0, 0.05) is 24.1 Å². The van der Waals surface area contributed by atoms with Crippen LogP contribution in [0, 0.1) is 11.8 Å². The molecule has 3 aliphatic carbocycles. The number of hydrogen-bond donors (Lipinski definition) is 3. The summed E-state index contributed by atoms with van der Waals surface area (Å²) in [5.41, 5.74) is 0.757. The average Bonchev–Trinajstić information content (AvgIpc) is 3.54. The molecule has 33 heavy (non-hydrogen) atoms. The van der Waals surface area contributed by atoms with Crippen LogP contribution < -0.4 is 10.1 Å². The molecule has 6 atom stereocenters. The molecule has 0 aromatic heterocycles. The topological polar surface area (TPSA) is 82.0 Å². The van der Waals surface area contributed by atoms with Crippen molar-refractivity contribution in [1.82, 2.24) is 10.2 Å². The number of aliphatic hydroxyl groups is 1. The number of aromatic hydroxyl groups is 1. The van der Waals surface area contributed by atoms with Crippen LogP contribution in [0.15, 0.2) is 12.1 Å². The predicted octanol–water partition coefficient (Wildman–Crippen LogP) is 3.27. The highest BCUT2D eigenvalue weighted by molar-refractivity contribution is 5.79. The maximum Gasteiger partial charge on any atom is 0.223 e. The first-order valence-electron chi connectivity index (χ1n) is 13.2. The molecule has 1 spiro atoms.